The molecular weight excluding hydrogens is 262 g/mol. The molecule has 0 N–H and O–H groups in total. The molecule has 20 heavy (non-hydrogen) atoms. The number of hydrogen-bond donors (Lipinski definition) is 0. The molecule has 6 nitrogen and oxygen atoms in total. The van der Waals surface area contributed by atoms with E-state index in [1.54, 1.807) is 12.1 Å². The van der Waals surface area contributed by atoms with Crippen molar-refractivity contribution in [2.75, 3.05) is 7.11 Å². The van der Waals surface area contributed by atoms with Crippen LogP contribution in [-0.4, -0.2) is 23.6 Å². The van der Waals surface area contributed by atoms with Gasteiger partial charge in [0.05, 0.1) is 12.0 Å². The van der Waals surface area contributed by atoms with Gasteiger partial charge in [-0.1, -0.05) is 19.9 Å². The van der Waals surface area contributed by atoms with Gasteiger partial charge in [-0.25, -0.2) is 4.79 Å². The van der Waals surface area contributed by atoms with Crippen LogP contribution >= 0.6 is 0 Å². The number of esters is 1. The van der Waals surface area contributed by atoms with Gasteiger partial charge < -0.3 is 9.47 Å². The van der Waals surface area contributed by atoms with Crippen molar-refractivity contribution in [1.82, 2.24) is 0 Å². The van der Waals surface area contributed by atoms with Gasteiger partial charge in [-0.15, -0.1) is 0 Å². The molecule has 0 saturated heterocycles. The van der Waals surface area contributed by atoms with Crippen LogP contribution in [0, 0.1) is 10.1 Å². The second-order valence-corrected chi connectivity index (χ2v) is 5.24. The molecule has 1 rings (SSSR count). The van der Waals surface area contributed by atoms with Crippen molar-refractivity contribution in [1.29, 1.82) is 0 Å². The van der Waals surface area contributed by atoms with Gasteiger partial charge in [0.2, 0.25) is 5.60 Å². The lowest BCUT2D eigenvalue weighted by atomic mass is 10.0. The summed E-state index contributed by atoms with van der Waals surface area (Å²) in [5.74, 6) is -0.335. The fraction of sp³-hybridized carbons (Fsp3) is 0.500. The number of nitrogens with zero attached hydrogens (tertiary/aromatic N) is 1. The van der Waals surface area contributed by atoms with Crippen LogP contribution in [0.5, 0.6) is 5.75 Å². The third-order valence-electron chi connectivity index (χ3n) is 2.89. The predicted molar refractivity (Wildman–Crippen MR) is 73.9 cm³/mol. The first-order chi connectivity index (χ1) is 9.19. The molecule has 0 radical (unpaired) electrons. The molecule has 0 atom stereocenters. The molecule has 0 heterocycles. The fourth-order valence-electron chi connectivity index (χ4n) is 1.68. The molecule has 6 heteroatoms. The number of carbonyl (C=O) groups excluding carboxylic acids is 1. The number of hydrogen-bond acceptors (Lipinski definition) is 5. The van der Waals surface area contributed by atoms with E-state index in [0.717, 1.165) is 5.56 Å². The summed E-state index contributed by atoms with van der Waals surface area (Å²) in [5.41, 5.74) is -0.576. The average Bonchev–Trinajstić information content (AvgIpc) is 2.36. The Morgan fingerprint density at radius 3 is 2.40 bits per heavy atom. The summed E-state index contributed by atoms with van der Waals surface area (Å²) in [6, 6.07) is 4.66. The first-order valence-electron chi connectivity index (χ1n) is 6.24. The molecule has 1 aromatic carbocycles. The summed E-state index contributed by atoms with van der Waals surface area (Å²) in [6.45, 7) is 6.95. The Labute approximate surface area is 117 Å². The lowest BCUT2D eigenvalue weighted by Crippen LogP contribution is -2.39. The molecule has 1 aromatic rings. The normalized spacial score (nSPS) is 11.3. The van der Waals surface area contributed by atoms with Crippen LogP contribution in [0.3, 0.4) is 0 Å². The number of ether oxygens (including phenoxy) is 2. The molecule has 0 aliphatic rings. The largest absolute Gasteiger partial charge is 0.469 e. The van der Waals surface area contributed by atoms with Crippen molar-refractivity contribution in [3.63, 3.8) is 0 Å². The second-order valence-electron chi connectivity index (χ2n) is 5.24. The fourth-order valence-corrected chi connectivity index (χ4v) is 1.68. The molecule has 0 unspecified atom stereocenters. The Morgan fingerprint density at radius 2 is 1.95 bits per heavy atom. The zero-order valence-electron chi connectivity index (χ0n) is 12.3. The van der Waals surface area contributed by atoms with Crippen molar-refractivity contribution in [3.8, 4) is 5.75 Å². The maximum Gasteiger partial charge on any atom is 0.349 e. The molecule has 0 saturated carbocycles. The zero-order chi connectivity index (χ0) is 15.5. The summed E-state index contributed by atoms with van der Waals surface area (Å²) < 4.78 is 10.2. The van der Waals surface area contributed by atoms with Crippen LogP contribution < -0.4 is 4.74 Å². The molecular formula is C14H19NO5. The van der Waals surface area contributed by atoms with Gasteiger partial charge in [0, 0.05) is 6.07 Å². The number of nitro groups is 1. The minimum absolute atomic E-state index is 0.0663. The van der Waals surface area contributed by atoms with E-state index in [0.29, 0.717) is 0 Å². The van der Waals surface area contributed by atoms with Crippen molar-refractivity contribution in [2.24, 2.45) is 0 Å². The van der Waals surface area contributed by atoms with Gasteiger partial charge in [-0.05, 0) is 31.4 Å². The monoisotopic (exact) mass is 281 g/mol. The van der Waals surface area contributed by atoms with Gasteiger partial charge >= 0.3 is 11.7 Å². The van der Waals surface area contributed by atoms with E-state index < -0.39 is 16.5 Å². The number of methoxy groups -OCH3 is 1. The summed E-state index contributed by atoms with van der Waals surface area (Å²) in [6.07, 6.45) is 0. The molecule has 0 aliphatic carbocycles. The third-order valence-corrected chi connectivity index (χ3v) is 2.89. The summed E-state index contributed by atoms with van der Waals surface area (Å²) in [4.78, 5) is 22.1. The molecule has 110 valence electrons. The van der Waals surface area contributed by atoms with Crippen molar-refractivity contribution in [3.05, 3.63) is 33.9 Å². The minimum Gasteiger partial charge on any atom is -0.469 e. The molecule has 0 spiro atoms. The first kappa shape index (κ1) is 15.9. The van der Waals surface area contributed by atoms with Gasteiger partial charge in [0.1, 0.15) is 0 Å². The van der Waals surface area contributed by atoms with Crippen LogP contribution in [0.15, 0.2) is 18.2 Å². The Bertz CT molecular complexity index is 522. The summed E-state index contributed by atoms with van der Waals surface area (Å²) in [5, 5.41) is 11.0. The van der Waals surface area contributed by atoms with Crippen LogP contribution in [-0.2, 0) is 9.53 Å². The molecule has 0 bridgehead atoms. The predicted octanol–water partition coefficient (Wildman–Crippen LogP) is 3.05. The van der Waals surface area contributed by atoms with Crippen LogP contribution in [0.1, 0.15) is 39.2 Å². The van der Waals surface area contributed by atoms with Crippen LogP contribution in [0.2, 0.25) is 0 Å². The number of nitro benzene ring substituents is 1. The van der Waals surface area contributed by atoms with Gasteiger partial charge in [0.25, 0.3) is 0 Å². The van der Waals surface area contributed by atoms with E-state index in [2.05, 4.69) is 4.74 Å². The SMILES string of the molecule is COC(=O)C(C)(C)Oc1cc(C(C)C)ccc1[N+](=O)[O-]. The highest BCUT2D eigenvalue weighted by Gasteiger charge is 2.33. The van der Waals surface area contributed by atoms with Gasteiger partial charge in [-0.3, -0.25) is 10.1 Å². The Kier molecular flexibility index (Phi) is 4.70. The second kappa shape index (κ2) is 5.90. The summed E-state index contributed by atoms with van der Waals surface area (Å²) >= 11 is 0. The first-order valence-corrected chi connectivity index (χ1v) is 6.24. The quantitative estimate of drug-likeness (QED) is 0.471. The number of carbonyl (C=O) groups is 1. The van der Waals surface area contributed by atoms with Crippen molar-refractivity contribution in [2.45, 2.75) is 39.2 Å². The highest BCUT2D eigenvalue weighted by molar-refractivity contribution is 5.79. The maximum absolute atomic E-state index is 11.6. The highest BCUT2D eigenvalue weighted by Crippen LogP contribution is 2.33. The standard InChI is InChI=1S/C14H19NO5/c1-9(2)10-6-7-11(15(17)18)12(8-10)20-14(3,4)13(16)19-5/h6-9H,1-5H3. The van der Waals surface area contributed by atoms with Crippen LogP contribution in [0.4, 0.5) is 5.69 Å². The number of benzene rings is 1. The van der Waals surface area contributed by atoms with Gasteiger partial charge in [0.15, 0.2) is 5.75 Å². The van der Waals surface area contributed by atoms with E-state index in [1.807, 2.05) is 13.8 Å². The van der Waals surface area contributed by atoms with Gasteiger partial charge in [-0.2, -0.15) is 0 Å². The van der Waals surface area contributed by atoms with Crippen molar-refractivity contribution < 1.29 is 19.2 Å². The Morgan fingerprint density at radius 1 is 1.35 bits per heavy atom. The van der Waals surface area contributed by atoms with E-state index >= 15 is 0 Å². The Balaban J connectivity index is 3.23. The molecule has 0 amide bonds. The van der Waals surface area contributed by atoms with E-state index in [4.69, 9.17) is 4.74 Å². The minimum atomic E-state index is -1.30. The lowest BCUT2D eigenvalue weighted by molar-refractivity contribution is -0.386. The highest BCUT2D eigenvalue weighted by atomic mass is 16.6. The molecule has 0 fully saturated rings. The number of rotatable bonds is 5. The molecule has 0 aliphatic heterocycles. The average molecular weight is 281 g/mol. The van der Waals surface area contributed by atoms with E-state index in [9.17, 15) is 14.9 Å². The third kappa shape index (κ3) is 3.46. The maximum atomic E-state index is 11.6. The summed E-state index contributed by atoms with van der Waals surface area (Å²) in [7, 11) is 1.24. The Hall–Kier alpha value is -2.11. The molecule has 0 aromatic heterocycles. The smallest absolute Gasteiger partial charge is 0.349 e. The van der Waals surface area contributed by atoms with Crippen LogP contribution in [0.25, 0.3) is 0 Å². The lowest BCUT2D eigenvalue weighted by Gasteiger charge is -2.23. The topological polar surface area (TPSA) is 78.7 Å². The van der Waals surface area contributed by atoms with E-state index in [-0.39, 0.29) is 17.4 Å². The zero-order valence-corrected chi connectivity index (χ0v) is 12.3. The van der Waals surface area contributed by atoms with Crippen molar-refractivity contribution >= 4 is 11.7 Å². The van der Waals surface area contributed by atoms with E-state index in [1.165, 1.54) is 27.0 Å².